The predicted molar refractivity (Wildman–Crippen MR) is 89.7 cm³/mol. The highest BCUT2D eigenvalue weighted by Gasteiger charge is 2.19. The second-order valence-electron chi connectivity index (χ2n) is 6.48. The van der Waals surface area contributed by atoms with E-state index in [-0.39, 0.29) is 0 Å². The molecule has 1 aromatic rings. The van der Waals surface area contributed by atoms with Crippen molar-refractivity contribution in [3.63, 3.8) is 0 Å². The lowest BCUT2D eigenvalue weighted by Crippen LogP contribution is -2.21. The molecule has 0 aliphatic carbocycles. The minimum atomic E-state index is 0.317. The highest BCUT2D eigenvalue weighted by atomic mass is 16.5. The fourth-order valence-corrected chi connectivity index (χ4v) is 2.52. The van der Waals surface area contributed by atoms with Gasteiger partial charge in [0.2, 0.25) is 5.95 Å². The molecule has 0 saturated heterocycles. The first-order valence-electron chi connectivity index (χ1n) is 8.42. The van der Waals surface area contributed by atoms with E-state index < -0.39 is 0 Å². The van der Waals surface area contributed by atoms with E-state index in [9.17, 15) is 0 Å². The molecule has 0 aromatic carbocycles. The predicted octanol–water partition coefficient (Wildman–Crippen LogP) is 4.33. The second-order valence-corrected chi connectivity index (χ2v) is 6.48. The number of hydrogen-bond donors (Lipinski definition) is 1. The molecule has 0 bridgehead atoms. The van der Waals surface area contributed by atoms with Crippen molar-refractivity contribution in [2.75, 3.05) is 25.1 Å². The van der Waals surface area contributed by atoms with Gasteiger partial charge in [0, 0.05) is 38.7 Å². The summed E-state index contributed by atoms with van der Waals surface area (Å²) in [5, 5.41) is 3.41. The Morgan fingerprint density at radius 1 is 1.24 bits per heavy atom. The maximum absolute atomic E-state index is 5.35. The van der Waals surface area contributed by atoms with Crippen LogP contribution < -0.4 is 5.32 Å². The molecular weight excluding hydrogens is 262 g/mol. The number of hydrogen-bond acceptors (Lipinski definition) is 3. The molecule has 0 spiro atoms. The SMILES string of the molecule is CCCCCC(C)(C)Cn1ccnc1NCCCOCC. The van der Waals surface area contributed by atoms with Gasteiger partial charge in [-0.2, -0.15) is 0 Å². The quantitative estimate of drug-likeness (QED) is 0.583. The molecule has 0 saturated carbocycles. The lowest BCUT2D eigenvalue weighted by molar-refractivity contribution is 0.147. The van der Waals surface area contributed by atoms with Gasteiger partial charge in [0.25, 0.3) is 0 Å². The zero-order valence-electron chi connectivity index (χ0n) is 14.3. The summed E-state index contributed by atoms with van der Waals surface area (Å²) < 4.78 is 7.59. The lowest BCUT2D eigenvalue weighted by atomic mass is 9.87. The van der Waals surface area contributed by atoms with Crippen LogP contribution in [0.4, 0.5) is 5.95 Å². The van der Waals surface area contributed by atoms with Crippen LogP contribution in [0.25, 0.3) is 0 Å². The average molecular weight is 295 g/mol. The Labute approximate surface area is 130 Å². The Morgan fingerprint density at radius 2 is 2.05 bits per heavy atom. The van der Waals surface area contributed by atoms with Crippen molar-refractivity contribution in [3.8, 4) is 0 Å². The van der Waals surface area contributed by atoms with Crippen LogP contribution in [0, 0.1) is 5.41 Å². The van der Waals surface area contributed by atoms with Crippen molar-refractivity contribution in [1.29, 1.82) is 0 Å². The molecule has 1 N–H and O–H groups in total. The Balaban J connectivity index is 2.39. The van der Waals surface area contributed by atoms with Crippen LogP contribution >= 0.6 is 0 Å². The van der Waals surface area contributed by atoms with E-state index in [1.807, 2.05) is 13.1 Å². The molecule has 0 amide bonds. The standard InChI is InChI=1S/C17H33N3O/c1-5-7-8-10-17(3,4)15-20-13-12-19-16(20)18-11-9-14-21-6-2/h12-13H,5-11,14-15H2,1-4H3,(H,18,19). The van der Waals surface area contributed by atoms with Crippen LogP contribution in [0.15, 0.2) is 12.4 Å². The monoisotopic (exact) mass is 295 g/mol. The Bertz CT molecular complexity index is 374. The summed E-state index contributed by atoms with van der Waals surface area (Å²) in [4.78, 5) is 4.43. The second kappa shape index (κ2) is 9.82. The normalized spacial score (nSPS) is 11.8. The number of aromatic nitrogens is 2. The third kappa shape index (κ3) is 7.51. The van der Waals surface area contributed by atoms with Crippen molar-refractivity contribution in [3.05, 3.63) is 12.4 Å². The highest BCUT2D eigenvalue weighted by molar-refractivity contribution is 5.25. The number of unbranched alkanes of at least 4 members (excludes halogenated alkanes) is 2. The van der Waals surface area contributed by atoms with Crippen molar-refractivity contribution in [2.24, 2.45) is 5.41 Å². The zero-order valence-corrected chi connectivity index (χ0v) is 14.3. The summed E-state index contributed by atoms with van der Waals surface area (Å²) in [5.41, 5.74) is 0.317. The Hall–Kier alpha value is -1.03. The molecule has 1 aromatic heterocycles. The van der Waals surface area contributed by atoms with E-state index in [1.165, 1.54) is 25.7 Å². The number of nitrogens with one attached hydrogen (secondary N) is 1. The van der Waals surface area contributed by atoms with Gasteiger partial charge in [-0.1, -0.05) is 40.0 Å². The molecule has 21 heavy (non-hydrogen) atoms. The molecule has 4 heteroatoms. The van der Waals surface area contributed by atoms with Gasteiger partial charge in [0.15, 0.2) is 0 Å². The van der Waals surface area contributed by atoms with Gasteiger partial charge < -0.3 is 14.6 Å². The molecule has 0 fully saturated rings. The maximum Gasteiger partial charge on any atom is 0.202 e. The van der Waals surface area contributed by atoms with Crippen LogP contribution in [0.1, 0.15) is 59.8 Å². The molecule has 122 valence electrons. The number of nitrogens with zero attached hydrogens (tertiary/aromatic N) is 2. The van der Waals surface area contributed by atoms with Gasteiger partial charge >= 0.3 is 0 Å². The maximum atomic E-state index is 5.35. The van der Waals surface area contributed by atoms with Gasteiger partial charge in [-0.25, -0.2) is 4.98 Å². The van der Waals surface area contributed by atoms with Crippen LogP contribution in [-0.4, -0.2) is 29.3 Å². The smallest absolute Gasteiger partial charge is 0.202 e. The largest absolute Gasteiger partial charge is 0.382 e. The molecule has 0 aliphatic rings. The van der Waals surface area contributed by atoms with Gasteiger partial charge in [0.05, 0.1) is 0 Å². The topological polar surface area (TPSA) is 39.1 Å². The summed E-state index contributed by atoms with van der Waals surface area (Å²) in [6.07, 6.45) is 10.2. The minimum Gasteiger partial charge on any atom is -0.382 e. The molecule has 0 unspecified atom stereocenters. The van der Waals surface area contributed by atoms with Crippen LogP contribution in [-0.2, 0) is 11.3 Å². The number of rotatable bonds is 12. The Kier molecular flexibility index (Phi) is 8.43. The van der Waals surface area contributed by atoms with E-state index in [0.717, 1.165) is 38.7 Å². The van der Waals surface area contributed by atoms with Gasteiger partial charge in [-0.3, -0.25) is 0 Å². The minimum absolute atomic E-state index is 0.317. The third-order valence-corrected chi connectivity index (χ3v) is 3.72. The van der Waals surface area contributed by atoms with Crippen molar-refractivity contribution in [1.82, 2.24) is 9.55 Å². The van der Waals surface area contributed by atoms with Crippen LogP contribution in [0.2, 0.25) is 0 Å². The zero-order chi connectivity index (χ0) is 15.6. The molecule has 1 heterocycles. The summed E-state index contributed by atoms with van der Waals surface area (Å²) in [6, 6.07) is 0. The van der Waals surface area contributed by atoms with E-state index in [2.05, 4.69) is 41.8 Å². The van der Waals surface area contributed by atoms with E-state index in [4.69, 9.17) is 4.74 Å². The first-order chi connectivity index (χ1) is 10.1. The van der Waals surface area contributed by atoms with E-state index in [0.29, 0.717) is 5.41 Å². The van der Waals surface area contributed by atoms with Crippen molar-refractivity contribution < 1.29 is 4.74 Å². The average Bonchev–Trinajstić information content (AvgIpc) is 2.85. The number of anilines is 1. The molecular formula is C17H33N3O. The fraction of sp³-hybridized carbons (Fsp3) is 0.824. The highest BCUT2D eigenvalue weighted by Crippen LogP contribution is 2.27. The van der Waals surface area contributed by atoms with Gasteiger partial charge in [0.1, 0.15) is 0 Å². The fourth-order valence-electron chi connectivity index (χ4n) is 2.52. The molecule has 1 rings (SSSR count). The Morgan fingerprint density at radius 3 is 2.76 bits per heavy atom. The van der Waals surface area contributed by atoms with Crippen LogP contribution in [0.3, 0.4) is 0 Å². The third-order valence-electron chi connectivity index (χ3n) is 3.72. The lowest BCUT2D eigenvalue weighted by Gasteiger charge is -2.26. The summed E-state index contributed by atoms with van der Waals surface area (Å²) in [6.45, 7) is 12.5. The summed E-state index contributed by atoms with van der Waals surface area (Å²) >= 11 is 0. The van der Waals surface area contributed by atoms with Crippen molar-refractivity contribution >= 4 is 5.95 Å². The van der Waals surface area contributed by atoms with Gasteiger partial charge in [-0.05, 0) is 25.2 Å². The number of ether oxygens (including phenoxy) is 1. The summed E-state index contributed by atoms with van der Waals surface area (Å²) in [5.74, 6) is 0.982. The van der Waals surface area contributed by atoms with E-state index in [1.54, 1.807) is 0 Å². The van der Waals surface area contributed by atoms with Crippen molar-refractivity contribution in [2.45, 2.75) is 66.3 Å². The number of imidazole rings is 1. The first-order valence-corrected chi connectivity index (χ1v) is 8.42. The summed E-state index contributed by atoms with van der Waals surface area (Å²) in [7, 11) is 0. The molecule has 4 nitrogen and oxygen atoms in total. The first kappa shape index (κ1) is 18.0. The molecule has 0 aliphatic heterocycles. The molecule has 0 radical (unpaired) electrons. The van der Waals surface area contributed by atoms with E-state index >= 15 is 0 Å². The molecule has 0 atom stereocenters. The van der Waals surface area contributed by atoms with Gasteiger partial charge in [-0.15, -0.1) is 0 Å². The van der Waals surface area contributed by atoms with Crippen LogP contribution in [0.5, 0.6) is 0 Å².